The molecule has 10 heteroatoms. The fourth-order valence-corrected chi connectivity index (χ4v) is 3.27. The first-order chi connectivity index (χ1) is 15.8. The Bertz CT molecular complexity index is 1260. The molecule has 1 unspecified atom stereocenters. The molecular weight excluding hydrogens is 450 g/mol. The van der Waals surface area contributed by atoms with E-state index in [1.54, 1.807) is 22.9 Å². The van der Waals surface area contributed by atoms with Gasteiger partial charge in [-0.25, -0.2) is 4.99 Å². The number of halogens is 1. The molecule has 1 N–H and O–H groups in total. The molecule has 0 aliphatic carbocycles. The van der Waals surface area contributed by atoms with Gasteiger partial charge in [0.25, 0.3) is 5.56 Å². The van der Waals surface area contributed by atoms with E-state index < -0.39 is 23.7 Å². The smallest absolute Gasteiger partial charge is 0.305 e. The number of aliphatic hydroxyl groups excluding tert-OH is 1. The van der Waals surface area contributed by atoms with Crippen molar-refractivity contribution in [3.63, 3.8) is 0 Å². The number of methoxy groups -OCH3 is 1. The van der Waals surface area contributed by atoms with Crippen molar-refractivity contribution in [2.75, 3.05) is 7.11 Å². The van der Waals surface area contributed by atoms with Crippen molar-refractivity contribution in [2.45, 2.75) is 19.1 Å². The van der Waals surface area contributed by atoms with E-state index >= 15 is 0 Å². The summed E-state index contributed by atoms with van der Waals surface area (Å²) in [7, 11) is 1.21. The van der Waals surface area contributed by atoms with Crippen molar-refractivity contribution < 1.29 is 24.5 Å². The lowest BCUT2D eigenvalue weighted by Gasteiger charge is -2.14. The van der Waals surface area contributed by atoms with Gasteiger partial charge >= 0.3 is 5.97 Å². The number of carboxylic acids is 1. The second-order valence-corrected chi connectivity index (χ2v) is 7.26. The van der Waals surface area contributed by atoms with Gasteiger partial charge in [0.05, 0.1) is 24.9 Å². The van der Waals surface area contributed by atoms with Crippen LogP contribution in [0.3, 0.4) is 0 Å². The summed E-state index contributed by atoms with van der Waals surface area (Å²) in [6.07, 6.45) is -0.0458. The molecule has 33 heavy (non-hydrogen) atoms. The van der Waals surface area contributed by atoms with Crippen molar-refractivity contribution in [1.29, 1.82) is 0 Å². The molecule has 170 valence electrons. The molecule has 1 aliphatic rings. The highest BCUT2D eigenvalue weighted by Crippen LogP contribution is 2.29. The first kappa shape index (κ1) is 23.8. The number of fused-ring (bicyclic) bond motifs is 3. The molecule has 1 atom stereocenters. The van der Waals surface area contributed by atoms with Gasteiger partial charge in [0.1, 0.15) is 0 Å². The summed E-state index contributed by atoms with van der Waals surface area (Å²) in [5, 5.41) is 20.8. The maximum absolute atomic E-state index is 11.6. The third kappa shape index (κ3) is 5.91. The Morgan fingerprint density at radius 2 is 1.88 bits per heavy atom. The Hall–Kier alpha value is -3.82. The summed E-state index contributed by atoms with van der Waals surface area (Å²) >= 11 is 6.18. The van der Waals surface area contributed by atoms with E-state index in [2.05, 4.69) is 14.7 Å². The molecule has 0 spiro atoms. The van der Waals surface area contributed by atoms with Crippen LogP contribution in [0.15, 0.2) is 70.6 Å². The van der Waals surface area contributed by atoms with Crippen molar-refractivity contribution in [3.8, 4) is 5.69 Å². The van der Waals surface area contributed by atoms with Crippen molar-refractivity contribution in [1.82, 2.24) is 9.55 Å². The number of hydrogen-bond acceptors (Lipinski definition) is 8. The van der Waals surface area contributed by atoms with Gasteiger partial charge < -0.3 is 24.3 Å². The number of aliphatic imine (C=N–C) groups is 1. The monoisotopic (exact) mass is 468 g/mol. The Labute approximate surface area is 193 Å². The number of carboxylic acid groups (broad SMARTS) is 1. The minimum absolute atomic E-state index is 0.112. The van der Waals surface area contributed by atoms with E-state index in [9.17, 15) is 24.6 Å². The number of esters is 1. The summed E-state index contributed by atoms with van der Waals surface area (Å²) in [6, 6.07) is 16.2. The first-order valence-corrected chi connectivity index (χ1v) is 10.2. The van der Waals surface area contributed by atoms with Crippen molar-refractivity contribution in [3.05, 3.63) is 93.1 Å². The maximum Gasteiger partial charge on any atom is 0.305 e. The number of nitrogens with zero attached hydrogens (tertiary/aromatic N) is 3. The molecule has 0 saturated carbocycles. The fourth-order valence-electron chi connectivity index (χ4n) is 3.09. The molecular formula is C23H19ClN3O6-. The van der Waals surface area contributed by atoms with Gasteiger partial charge in [0.15, 0.2) is 5.82 Å². The Morgan fingerprint density at radius 1 is 1.15 bits per heavy atom. The Morgan fingerprint density at radius 3 is 2.55 bits per heavy atom. The number of hydrogen-bond donors (Lipinski definition) is 1. The Balaban J connectivity index is 0.000000292. The number of rotatable bonds is 4. The summed E-state index contributed by atoms with van der Waals surface area (Å²) in [5.74, 6) is -1.59. The van der Waals surface area contributed by atoms with Crippen LogP contribution in [0, 0.1) is 0 Å². The predicted molar refractivity (Wildman–Crippen MR) is 118 cm³/mol. The van der Waals surface area contributed by atoms with Crippen LogP contribution < -0.4 is 10.7 Å². The van der Waals surface area contributed by atoms with Crippen LogP contribution in [0.2, 0.25) is 5.02 Å². The molecule has 4 rings (SSSR count). The van der Waals surface area contributed by atoms with E-state index in [0.717, 1.165) is 16.8 Å². The van der Waals surface area contributed by atoms with E-state index in [4.69, 9.17) is 11.6 Å². The lowest BCUT2D eigenvalue weighted by atomic mass is 10.0. The average Bonchev–Trinajstić information content (AvgIpc) is 2.92. The van der Waals surface area contributed by atoms with Crippen LogP contribution in [-0.4, -0.2) is 39.4 Å². The molecule has 0 fully saturated rings. The highest BCUT2D eigenvalue weighted by Gasteiger charge is 2.24. The van der Waals surface area contributed by atoms with Crippen LogP contribution in [0.5, 0.6) is 0 Å². The van der Waals surface area contributed by atoms with Crippen molar-refractivity contribution >= 4 is 29.3 Å². The van der Waals surface area contributed by atoms with E-state index in [1.807, 2.05) is 36.4 Å². The van der Waals surface area contributed by atoms with Gasteiger partial charge in [-0.15, -0.1) is 0 Å². The van der Waals surface area contributed by atoms with Gasteiger partial charge in [-0.05, 0) is 24.6 Å². The number of benzene rings is 2. The van der Waals surface area contributed by atoms with Gasteiger partial charge in [-0.2, -0.15) is 4.98 Å². The van der Waals surface area contributed by atoms with Gasteiger partial charge in [0.2, 0.25) is 6.23 Å². The van der Waals surface area contributed by atoms with Crippen LogP contribution in [0.4, 0.5) is 0 Å². The van der Waals surface area contributed by atoms with Crippen molar-refractivity contribution in [2.24, 2.45) is 4.99 Å². The number of aliphatic carboxylic acids is 1. The second-order valence-electron chi connectivity index (χ2n) is 6.82. The quantitative estimate of drug-likeness (QED) is 0.572. The zero-order chi connectivity index (χ0) is 24.0. The number of aromatic nitrogens is 2. The zero-order valence-corrected chi connectivity index (χ0v) is 18.2. The standard InChI is InChI=1S/C18H12ClN3O2.C5H8O4/c19-12-6-7-14-13(10-12)16(11-4-2-1-3-5-11)21-18(24)17-20-15(23)8-9-22(14)17;1-9-5(8)3-2-4(6)7/h1-10,18,24H;2-3H2,1H3,(H,6,7)/p-1. The minimum Gasteiger partial charge on any atom is -0.550 e. The minimum atomic E-state index is -1.25. The van der Waals surface area contributed by atoms with Gasteiger partial charge in [-0.3, -0.25) is 9.59 Å². The predicted octanol–water partition coefficient (Wildman–Crippen LogP) is 1.42. The fraction of sp³-hybridized carbons (Fsp3) is 0.174. The van der Waals surface area contributed by atoms with E-state index in [1.165, 1.54) is 13.2 Å². The largest absolute Gasteiger partial charge is 0.550 e. The van der Waals surface area contributed by atoms with Gasteiger partial charge in [0, 0.05) is 34.4 Å². The first-order valence-electron chi connectivity index (χ1n) is 9.78. The number of carbonyl (C=O) groups is 2. The molecule has 2 aromatic carbocycles. The molecule has 3 aromatic rings. The topological polar surface area (TPSA) is 134 Å². The zero-order valence-electron chi connectivity index (χ0n) is 17.5. The summed E-state index contributed by atoms with van der Waals surface area (Å²) in [6.45, 7) is 0. The third-order valence-corrected chi connectivity index (χ3v) is 4.84. The molecule has 1 aromatic heterocycles. The van der Waals surface area contributed by atoms with E-state index in [-0.39, 0.29) is 18.7 Å². The van der Waals surface area contributed by atoms with Gasteiger partial charge in [-0.1, -0.05) is 41.9 Å². The third-order valence-electron chi connectivity index (χ3n) is 4.60. The number of ether oxygens (including phenoxy) is 1. The number of carbonyl (C=O) groups excluding carboxylic acids is 2. The summed E-state index contributed by atoms with van der Waals surface area (Å²) < 4.78 is 5.83. The van der Waals surface area contributed by atoms with Crippen LogP contribution in [0.1, 0.15) is 36.0 Å². The molecule has 9 nitrogen and oxygen atoms in total. The molecule has 0 saturated heterocycles. The van der Waals surface area contributed by atoms with Crippen LogP contribution in [0.25, 0.3) is 5.69 Å². The van der Waals surface area contributed by atoms with Crippen LogP contribution in [-0.2, 0) is 14.3 Å². The lowest BCUT2D eigenvalue weighted by Crippen LogP contribution is -2.22. The molecule has 1 aliphatic heterocycles. The summed E-state index contributed by atoms with van der Waals surface area (Å²) in [5.41, 5.74) is 2.53. The molecule has 0 amide bonds. The second kappa shape index (κ2) is 10.7. The normalized spacial score (nSPS) is 13.9. The summed E-state index contributed by atoms with van der Waals surface area (Å²) in [4.78, 5) is 39.8. The van der Waals surface area contributed by atoms with E-state index in [0.29, 0.717) is 10.7 Å². The molecule has 2 heterocycles. The average molecular weight is 469 g/mol. The maximum atomic E-state index is 11.6. The molecule has 0 bridgehead atoms. The Kier molecular flexibility index (Phi) is 7.70. The highest BCUT2D eigenvalue weighted by atomic mass is 35.5. The SMILES string of the molecule is COC(=O)CCC(=O)[O-].O=c1ccn2c(n1)C(O)N=C(c1ccccc1)c1cc(Cl)ccc1-2. The lowest BCUT2D eigenvalue weighted by molar-refractivity contribution is -0.305. The number of aliphatic hydroxyl groups is 1. The van der Waals surface area contributed by atoms with Crippen LogP contribution >= 0.6 is 11.6 Å². The highest BCUT2D eigenvalue weighted by molar-refractivity contribution is 6.31. The molecule has 0 radical (unpaired) electrons.